The molecule has 1 aliphatic rings. The number of aromatic nitrogens is 2. The van der Waals surface area contributed by atoms with Gasteiger partial charge in [-0.3, -0.25) is 0 Å². The number of hydrogen-bond donors (Lipinski definition) is 1. The Labute approximate surface area is 124 Å². The molecule has 0 bridgehead atoms. The van der Waals surface area contributed by atoms with Crippen molar-refractivity contribution in [2.75, 3.05) is 6.54 Å². The maximum atomic E-state index is 5.75. The van der Waals surface area contributed by atoms with Gasteiger partial charge in [0.1, 0.15) is 5.75 Å². The van der Waals surface area contributed by atoms with Crippen molar-refractivity contribution >= 4 is 0 Å². The molecule has 2 aromatic rings. The van der Waals surface area contributed by atoms with Gasteiger partial charge in [-0.15, -0.1) is 10.2 Å². The van der Waals surface area contributed by atoms with Gasteiger partial charge in [-0.1, -0.05) is 19.9 Å². The fourth-order valence-electron chi connectivity index (χ4n) is 2.78. The number of benzene rings is 1. The summed E-state index contributed by atoms with van der Waals surface area (Å²) in [7, 11) is 0. The lowest BCUT2D eigenvalue weighted by molar-refractivity contribution is 0.259. The summed E-state index contributed by atoms with van der Waals surface area (Å²) in [6.45, 7) is 5.45. The summed E-state index contributed by atoms with van der Waals surface area (Å²) in [4.78, 5) is 0. The van der Waals surface area contributed by atoms with Crippen LogP contribution in [0.1, 0.15) is 49.2 Å². The van der Waals surface area contributed by atoms with E-state index in [-0.39, 0.29) is 0 Å². The second kappa shape index (κ2) is 6.26. The second-order valence-corrected chi connectivity index (χ2v) is 5.24. The average molecular weight is 287 g/mol. The summed E-state index contributed by atoms with van der Waals surface area (Å²) >= 11 is 0. The molecule has 5 nitrogen and oxygen atoms in total. The summed E-state index contributed by atoms with van der Waals surface area (Å²) in [5, 5.41) is 11.4. The van der Waals surface area contributed by atoms with Crippen molar-refractivity contribution in [3.8, 4) is 5.75 Å². The zero-order valence-electron chi connectivity index (χ0n) is 12.6. The lowest BCUT2D eigenvalue weighted by Gasteiger charge is -2.12. The van der Waals surface area contributed by atoms with E-state index in [1.807, 2.05) is 13.0 Å². The standard InChI is InChI=1S/C16H21N3O2/c1-3-15-18-19-16(21-15)10-20-12-6-7-13-11(9-12)5-8-14(13)17-4-2/h6-7,9,14,17H,3-5,8,10H2,1-2H3. The predicted molar refractivity (Wildman–Crippen MR) is 79.2 cm³/mol. The molecular weight excluding hydrogens is 266 g/mol. The molecule has 1 unspecified atom stereocenters. The van der Waals surface area contributed by atoms with E-state index in [0.717, 1.165) is 31.6 Å². The zero-order chi connectivity index (χ0) is 14.7. The molecule has 0 saturated heterocycles. The van der Waals surface area contributed by atoms with Crippen molar-refractivity contribution in [2.24, 2.45) is 0 Å². The first-order valence-electron chi connectivity index (χ1n) is 7.60. The van der Waals surface area contributed by atoms with Gasteiger partial charge in [0.2, 0.25) is 5.89 Å². The molecule has 1 N–H and O–H groups in total. The number of fused-ring (bicyclic) bond motifs is 1. The van der Waals surface area contributed by atoms with Crippen molar-refractivity contribution in [2.45, 2.75) is 45.8 Å². The van der Waals surface area contributed by atoms with Crippen LogP contribution in [0.2, 0.25) is 0 Å². The van der Waals surface area contributed by atoms with E-state index in [9.17, 15) is 0 Å². The molecule has 3 rings (SSSR count). The van der Waals surface area contributed by atoms with Crippen LogP contribution in [0.25, 0.3) is 0 Å². The lowest BCUT2D eigenvalue weighted by atomic mass is 10.1. The Bertz CT molecular complexity index is 609. The molecule has 1 aromatic carbocycles. The van der Waals surface area contributed by atoms with Gasteiger partial charge in [0.25, 0.3) is 5.89 Å². The van der Waals surface area contributed by atoms with E-state index in [0.29, 0.717) is 24.4 Å². The van der Waals surface area contributed by atoms with Crippen LogP contribution in [0.4, 0.5) is 0 Å². The fourth-order valence-corrected chi connectivity index (χ4v) is 2.78. The Morgan fingerprint density at radius 3 is 2.90 bits per heavy atom. The second-order valence-electron chi connectivity index (χ2n) is 5.24. The highest BCUT2D eigenvalue weighted by molar-refractivity contribution is 5.40. The summed E-state index contributed by atoms with van der Waals surface area (Å²) < 4.78 is 11.2. The topological polar surface area (TPSA) is 60.2 Å². The maximum absolute atomic E-state index is 5.75. The smallest absolute Gasteiger partial charge is 0.253 e. The highest BCUT2D eigenvalue weighted by atomic mass is 16.5. The number of aryl methyl sites for hydroxylation is 2. The van der Waals surface area contributed by atoms with Crippen molar-refractivity contribution in [1.82, 2.24) is 15.5 Å². The van der Waals surface area contributed by atoms with E-state index in [4.69, 9.17) is 9.15 Å². The van der Waals surface area contributed by atoms with Gasteiger partial charge in [-0.05, 0) is 42.6 Å². The first-order valence-corrected chi connectivity index (χ1v) is 7.60. The van der Waals surface area contributed by atoms with E-state index >= 15 is 0 Å². The van der Waals surface area contributed by atoms with Crippen LogP contribution >= 0.6 is 0 Å². The van der Waals surface area contributed by atoms with Gasteiger partial charge in [0.05, 0.1) is 0 Å². The molecule has 1 heterocycles. The quantitative estimate of drug-likeness (QED) is 0.885. The van der Waals surface area contributed by atoms with E-state index < -0.39 is 0 Å². The minimum Gasteiger partial charge on any atom is -0.484 e. The normalized spacial score (nSPS) is 17.0. The lowest BCUT2D eigenvalue weighted by Crippen LogP contribution is -2.18. The predicted octanol–water partition coefficient (Wildman–Crippen LogP) is 2.81. The van der Waals surface area contributed by atoms with Crippen molar-refractivity contribution in [1.29, 1.82) is 0 Å². The summed E-state index contributed by atoms with van der Waals surface area (Å²) in [6.07, 6.45) is 3.01. The van der Waals surface area contributed by atoms with Gasteiger partial charge in [0, 0.05) is 12.5 Å². The molecule has 0 radical (unpaired) electrons. The monoisotopic (exact) mass is 287 g/mol. The Kier molecular flexibility index (Phi) is 4.20. The van der Waals surface area contributed by atoms with Crippen LogP contribution in [0.3, 0.4) is 0 Å². The average Bonchev–Trinajstić information content (AvgIpc) is 3.12. The van der Waals surface area contributed by atoms with Crippen LogP contribution in [0, 0.1) is 0 Å². The van der Waals surface area contributed by atoms with Crippen LogP contribution < -0.4 is 10.1 Å². The molecule has 0 amide bonds. The van der Waals surface area contributed by atoms with Crippen LogP contribution in [-0.2, 0) is 19.4 Å². The van der Waals surface area contributed by atoms with Gasteiger partial charge in [0.15, 0.2) is 6.61 Å². The molecule has 1 atom stereocenters. The van der Waals surface area contributed by atoms with Gasteiger partial charge >= 0.3 is 0 Å². The van der Waals surface area contributed by atoms with Gasteiger partial charge in [-0.25, -0.2) is 0 Å². The molecule has 112 valence electrons. The SMILES string of the molecule is CCNC1CCc2cc(OCc3nnc(CC)o3)ccc21. The zero-order valence-corrected chi connectivity index (χ0v) is 12.6. The highest BCUT2D eigenvalue weighted by Crippen LogP contribution is 2.33. The Morgan fingerprint density at radius 1 is 1.29 bits per heavy atom. The minimum atomic E-state index is 0.322. The number of rotatable bonds is 6. The molecule has 0 saturated carbocycles. The highest BCUT2D eigenvalue weighted by Gasteiger charge is 2.21. The minimum absolute atomic E-state index is 0.322. The summed E-state index contributed by atoms with van der Waals surface area (Å²) in [6, 6.07) is 6.80. The third kappa shape index (κ3) is 3.08. The maximum Gasteiger partial charge on any atom is 0.253 e. The molecule has 1 aliphatic carbocycles. The molecule has 21 heavy (non-hydrogen) atoms. The van der Waals surface area contributed by atoms with Crippen molar-refractivity contribution < 1.29 is 9.15 Å². The fraction of sp³-hybridized carbons (Fsp3) is 0.500. The number of nitrogens with one attached hydrogen (secondary N) is 1. The third-order valence-electron chi connectivity index (χ3n) is 3.82. The van der Waals surface area contributed by atoms with Gasteiger partial charge < -0.3 is 14.5 Å². The summed E-state index contributed by atoms with van der Waals surface area (Å²) in [5.74, 6) is 2.04. The van der Waals surface area contributed by atoms with Crippen molar-refractivity contribution in [3.63, 3.8) is 0 Å². The molecule has 0 spiro atoms. The molecule has 0 fully saturated rings. The number of hydrogen-bond acceptors (Lipinski definition) is 5. The van der Waals surface area contributed by atoms with Crippen molar-refractivity contribution in [3.05, 3.63) is 41.1 Å². The molecule has 0 aliphatic heterocycles. The number of ether oxygens (including phenoxy) is 1. The van der Waals surface area contributed by atoms with E-state index in [1.54, 1.807) is 0 Å². The largest absolute Gasteiger partial charge is 0.484 e. The first kappa shape index (κ1) is 14.1. The molecular formula is C16H21N3O2. The van der Waals surface area contributed by atoms with E-state index in [2.05, 4.69) is 34.6 Å². The van der Waals surface area contributed by atoms with Gasteiger partial charge in [-0.2, -0.15) is 0 Å². The molecule has 1 aromatic heterocycles. The first-order chi connectivity index (χ1) is 10.3. The Balaban J connectivity index is 1.65. The number of nitrogens with zero attached hydrogens (tertiary/aromatic N) is 2. The van der Waals surface area contributed by atoms with Crippen LogP contribution in [0.5, 0.6) is 5.75 Å². The summed E-state index contributed by atoms with van der Waals surface area (Å²) in [5.41, 5.74) is 2.77. The van der Waals surface area contributed by atoms with E-state index in [1.165, 1.54) is 11.1 Å². The third-order valence-corrected chi connectivity index (χ3v) is 3.82. The van der Waals surface area contributed by atoms with Crippen LogP contribution in [0.15, 0.2) is 22.6 Å². The Hall–Kier alpha value is -1.88. The van der Waals surface area contributed by atoms with Crippen LogP contribution in [-0.4, -0.2) is 16.7 Å². The Morgan fingerprint density at radius 2 is 2.14 bits per heavy atom. The molecule has 5 heteroatoms.